The lowest BCUT2D eigenvalue weighted by atomic mass is 10.1. The Morgan fingerprint density at radius 1 is 0.857 bits per heavy atom. The minimum Gasteiger partial charge on any atom is -0.348 e. The molecule has 1 amide bonds. The highest BCUT2D eigenvalue weighted by molar-refractivity contribution is 5.46. The summed E-state index contributed by atoms with van der Waals surface area (Å²) in [5.41, 5.74) is 0. The van der Waals surface area contributed by atoms with E-state index < -0.39 is 0 Å². The molecular weight excluding hydrogens is 174 g/mol. The Morgan fingerprint density at radius 2 is 1.36 bits per heavy atom. The molecule has 14 heavy (non-hydrogen) atoms. The molecule has 0 bridgehead atoms. The molecule has 0 aromatic rings. The zero-order chi connectivity index (χ0) is 10.5. The molecule has 0 unspecified atom stereocenters. The maximum Gasteiger partial charge on any atom is 0.309 e. The summed E-state index contributed by atoms with van der Waals surface area (Å²) >= 11 is 0. The normalized spacial score (nSPS) is 10.1. The quantitative estimate of drug-likeness (QED) is 0.401. The van der Waals surface area contributed by atoms with E-state index >= 15 is 0 Å². The van der Waals surface area contributed by atoms with Crippen LogP contribution in [0, 0.1) is 0 Å². The molecule has 0 fully saturated rings. The third-order valence-electron chi connectivity index (χ3n) is 2.48. The molecule has 0 atom stereocenters. The van der Waals surface area contributed by atoms with Crippen molar-refractivity contribution in [1.29, 1.82) is 0 Å². The molecule has 0 saturated heterocycles. The topological polar surface area (TPSA) is 29.1 Å². The summed E-state index contributed by atoms with van der Waals surface area (Å²) in [5, 5.41) is 2.56. The number of hydrogen-bond donors (Lipinski definition) is 1. The van der Waals surface area contributed by atoms with Crippen LogP contribution in [-0.4, -0.2) is 13.0 Å². The second kappa shape index (κ2) is 12.5. The van der Waals surface area contributed by atoms with Crippen molar-refractivity contribution in [3.63, 3.8) is 0 Å². The van der Waals surface area contributed by atoms with Gasteiger partial charge in [-0.05, 0) is 6.42 Å². The standard InChI is InChI=1S/C12H24NO/c1-2-3-4-5-6-7-8-9-10-11-13-12-14/h2-11H2,1H3,(H,13,14). The molecular formula is C12H24NO. The van der Waals surface area contributed by atoms with Crippen molar-refractivity contribution in [3.8, 4) is 0 Å². The predicted molar refractivity (Wildman–Crippen MR) is 60.9 cm³/mol. The van der Waals surface area contributed by atoms with Crippen LogP contribution < -0.4 is 5.32 Å². The highest BCUT2D eigenvalue weighted by Gasteiger charge is 1.91. The summed E-state index contributed by atoms with van der Waals surface area (Å²) in [6.07, 6.45) is 13.6. The van der Waals surface area contributed by atoms with Gasteiger partial charge < -0.3 is 5.32 Å². The predicted octanol–water partition coefficient (Wildman–Crippen LogP) is 3.17. The third kappa shape index (κ3) is 11.5. The molecule has 2 nitrogen and oxygen atoms in total. The number of carbonyl (C=O) groups excluding carboxylic acids is 1. The molecule has 1 radical (unpaired) electrons. The van der Waals surface area contributed by atoms with Gasteiger partial charge in [-0.1, -0.05) is 58.3 Å². The third-order valence-corrected chi connectivity index (χ3v) is 2.48. The summed E-state index contributed by atoms with van der Waals surface area (Å²) < 4.78 is 0. The Kier molecular flexibility index (Phi) is 12.0. The summed E-state index contributed by atoms with van der Waals surface area (Å²) in [6.45, 7) is 3.04. The second-order valence-electron chi connectivity index (χ2n) is 3.86. The number of unbranched alkanes of at least 4 members (excludes halogenated alkanes) is 8. The van der Waals surface area contributed by atoms with E-state index in [4.69, 9.17) is 0 Å². The van der Waals surface area contributed by atoms with Crippen molar-refractivity contribution in [2.24, 2.45) is 0 Å². The van der Waals surface area contributed by atoms with Gasteiger partial charge in [0.1, 0.15) is 0 Å². The van der Waals surface area contributed by atoms with Gasteiger partial charge in [-0.25, -0.2) is 0 Å². The Labute approximate surface area is 88.5 Å². The van der Waals surface area contributed by atoms with Crippen molar-refractivity contribution in [2.75, 3.05) is 6.54 Å². The van der Waals surface area contributed by atoms with Crippen LogP contribution in [0.4, 0.5) is 0 Å². The van der Waals surface area contributed by atoms with E-state index in [9.17, 15) is 4.79 Å². The smallest absolute Gasteiger partial charge is 0.309 e. The van der Waals surface area contributed by atoms with Gasteiger partial charge in [-0.2, -0.15) is 0 Å². The Balaban J connectivity index is 2.81. The molecule has 0 saturated carbocycles. The van der Waals surface area contributed by atoms with Crippen LogP contribution in [0.25, 0.3) is 0 Å². The zero-order valence-corrected chi connectivity index (χ0v) is 9.48. The molecule has 2 heteroatoms. The van der Waals surface area contributed by atoms with Crippen LogP contribution >= 0.6 is 0 Å². The van der Waals surface area contributed by atoms with E-state index in [1.165, 1.54) is 51.4 Å². The van der Waals surface area contributed by atoms with Gasteiger partial charge in [0.2, 0.25) is 0 Å². The SMILES string of the molecule is CCCCCCCCCCCN[C]=O. The van der Waals surface area contributed by atoms with Gasteiger partial charge in [0.25, 0.3) is 0 Å². The van der Waals surface area contributed by atoms with Crippen molar-refractivity contribution in [2.45, 2.75) is 64.7 Å². The maximum atomic E-state index is 9.80. The van der Waals surface area contributed by atoms with Gasteiger partial charge in [0, 0.05) is 6.54 Å². The monoisotopic (exact) mass is 198 g/mol. The minimum atomic E-state index is 0.791. The van der Waals surface area contributed by atoms with Crippen LogP contribution in [0.1, 0.15) is 64.7 Å². The molecule has 0 spiro atoms. The summed E-state index contributed by atoms with van der Waals surface area (Å²) in [4.78, 5) is 9.80. The molecule has 83 valence electrons. The molecule has 0 aliphatic carbocycles. The Bertz CT molecular complexity index is 115. The Morgan fingerprint density at radius 3 is 1.86 bits per heavy atom. The highest BCUT2D eigenvalue weighted by Crippen LogP contribution is 2.08. The summed E-state index contributed by atoms with van der Waals surface area (Å²) in [5.74, 6) is 0. The van der Waals surface area contributed by atoms with E-state index in [1.807, 2.05) is 0 Å². The number of hydrogen-bond acceptors (Lipinski definition) is 1. The van der Waals surface area contributed by atoms with Gasteiger partial charge in [0.15, 0.2) is 0 Å². The second-order valence-corrected chi connectivity index (χ2v) is 3.86. The van der Waals surface area contributed by atoms with E-state index in [0.717, 1.165) is 13.0 Å². The van der Waals surface area contributed by atoms with E-state index in [-0.39, 0.29) is 0 Å². The Hall–Kier alpha value is -0.530. The van der Waals surface area contributed by atoms with Gasteiger partial charge in [-0.15, -0.1) is 0 Å². The summed E-state index contributed by atoms with van der Waals surface area (Å²) in [6, 6.07) is 0. The van der Waals surface area contributed by atoms with Gasteiger partial charge in [-0.3, -0.25) is 4.79 Å². The summed E-state index contributed by atoms with van der Waals surface area (Å²) in [7, 11) is 0. The first kappa shape index (κ1) is 13.5. The number of nitrogens with one attached hydrogen (secondary N) is 1. The molecule has 0 aromatic carbocycles. The zero-order valence-electron chi connectivity index (χ0n) is 9.48. The van der Waals surface area contributed by atoms with E-state index in [1.54, 1.807) is 6.41 Å². The first-order valence-corrected chi connectivity index (χ1v) is 6.01. The van der Waals surface area contributed by atoms with Gasteiger partial charge >= 0.3 is 6.41 Å². The van der Waals surface area contributed by atoms with Crippen LogP contribution in [0.15, 0.2) is 0 Å². The molecule has 0 aromatic heterocycles. The fourth-order valence-corrected chi connectivity index (χ4v) is 1.58. The van der Waals surface area contributed by atoms with E-state index in [0.29, 0.717) is 0 Å². The van der Waals surface area contributed by atoms with Crippen molar-refractivity contribution >= 4 is 6.41 Å². The van der Waals surface area contributed by atoms with Crippen LogP contribution in [0.5, 0.6) is 0 Å². The molecule has 0 aliphatic heterocycles. The maximum absolute atomic E-state index is 9.80. The lowest BCUT2D eigenvalue weighted by Gasteiger charge is -2.01. The average Bonchev–Trinajstić information content (AvgIpc) is 2.21. The molecule has 1 N–H and O–H groups in total. The minimum absolute atomic E-state index is 0.791. The first-order chi connectivity index (χ1) is 6.91. The first-order valence-electron chi connectivity index (χ1n) is 6.01. The molecule has 0 rings (SSSR count). The lowest BCUT2D eigenvalue weighted by Crippen LogP contribution is -2.11. The number of amides is 1. The number of rotatable bonds is 11. The molecule has 0 aliphatic rings. The lowest BCUT2D eigenvalue weighted by molar-refractivity contribution is 0.532. The fraction of sp³-hybridized carbons (Fsp3) is 0.917. The van der Waals surface area contributed by atoms with Crippen LogP contribution in [-0.2, 0) is 4.79 Å². The fourth-order valence-electron chi connectivity index (χ4n) is 1.58. The van der Waals surface area contributed by atoms with E-state index in [2.05, 4.69) is 12.2 Å². The van der Waals surface area contributed by atoms with Crippen molar-refractivity contribution < 1.29 is 4.79 Å². The highest BCUT2D eigenvalue weighted by atomic mass is 16.1. The van der Waals surface area contributed by atoms with Crippen LogP contribution in [0.3, 0.4) is 0 Å². The molecule has 0 heterocycles. The average molecular weight is 198 g/mol. The van der Waals surface area contributed by atoms with Crippen LogP contribution in [0.2, 0.25) is 0 Å². The van der Waals surface area contributed by atoms with Gasteiger partial charge in [0.05, 0.1) is 0 Å². The largest absolute Gasteiger partial charge is 0.348 e. The van der Waals surface area contributed by atoms with Crippen molar-refractivity contribution in [3.05, 3.63) is 0 Å². The van der Waals surface area contributed by atoms with Crippen molar-refractivity contribution in [1.82, 2.24) is 5.32 Å².